The molecule has 0 atom stereocenters. The van der Waals surface area contributed by atoms with E-state index in [-0.39, 0.29) is 5.04 Å². The standard InChI is InChI=1S/C11H21N3OSi/c1-11(2,3)16(4,5)15-8-9-6-14-10(12)7-13-9/h6-7H,8H2,1-5H3,(H2,12,14). The van der Waals surface area contributed by atoms with Gasteiger partial charge in [0.15, 0.2) is 8.32 Å². The van der Waals surface area contributed by atoms with Gasteiger partial charge in [-0.05, 0) is 18.1 Å². The molecule has 0 saturated carbocycles. The van der Waals surface area contributed by atoms with Gasteiger partial charge < -0.3 is 10.2 Å². The quantitative estimate of drug-likeness (QED) is 0.824. The number of anilines is 1. The second kappa shape index (κ2) is 4.51. The number of nitrogens with two attached hydrogens (primary N) is 1. The topological polar surface area (TPSA) is 61.0 Å². The molecule has 0 aliphatic heterocycles. The lowest BCUT2D eigenvalue weighted by Gasteiger charge is -2.35. The van der Waals surface area contributed by atoms with E-state index in [1.807, 2.05) is 0 Å². The highest BCUT2D eigenvalue weighted by molar-refractivity contribution is 6.74. The number of aromatic nitrogens is 2. The molecule has 0 bridgehead atoms. The Bertz CT molecular complexity index is 343. The highest BCUT2D eigenvalue weighted by atomic mass is 28.4. The van der Waals surface area contributed by atoms with Crippen molar-refractivity contribution >= 4 is 14.1 Å². The second-order valence-electron chi connectivity index (χ2n) is 5.48. The van der Waals surface area contributed by atoms with Gasteiger partial charge in [0, 0.05) is 0 Å². The molecule has 0 aliphatic rings. The summed E-state index contributed by atoms with van der Waals surface area (Å²) in [6.45, 7) is 11.6. The molecule has 0 aliphatic carbocycles. The Morgan fingerprint density at radius 1 is 1.25 bits per heavy atom. The number of nitrogen functional groups attached to an aromatic ring is 1. The van der Waals surface area contributed by atoms with Crippen LogP contribution < -0.4 is 5.73 Å². The molecule has 0 saturated heterocycles. The molecule has 90 valence electrons. The Balaban J connectivity index is 2.61. The van der Waals surface area contributed by atoms with Crippen molar-refractivity contribution in [3.05, 3.63) is 18.1 Å². The van der Waals surface area contributed by atoms with Crippen LogP contribution in [0.15, 0.2) is 12.4 Å². The monoisotopic (exact) mass is 239 g/mol. The second-order valence-corrected chi connectivity index (χ2v) is 10.3. The molecule has 2 N–H and O–H groups in total. The molecular formula is C11H21N3OSi. The summed E-state index contributed by atoms with van der Waals surface area (Å²) in [6.07, 6.45) is 3.23. The van der Waals surface area contributed by atoms with Crippen LogP contribution in [0.25, 0.3) is 0 Å². The van der Waals surface area contributed by atoms with E-state index < -0.39 is 8.32 Å². The van der Waals surface area contributed by atoms with E-state index in [1.165, 1.54) is 0 Å². The zero-order chi connectivity index (χ0) is 12.4. The molecule has 0 aromatic carbocycles. The van der Waals surface area contributed by atoms with E-state index in [0.717, 1.165) is 5.69 Å². The van der Waals surface area contributed by atoms with Crippen molar-refractivity contribution < 1.29 is 4.43 Å². The van der Waals surface area contributed by atoms with Crippen LogP contribution in [0.1, 0.15) is 26.5 Å². The number of nitrogens with zero attached hydrogens (tertiary/aromatic N) is 2. The van der Waals surface area contributed by atoms with Crippen molar-refractivity contribution in [3.63, 3.8) is 0 Å². The first-order valence-corrected chi connectivity index (χ1v) is 8.33. The summed E-state index contributed by atoms with van der Waals surface area (Å²) < 4.78 is 6.02. The third-order valence-corrected chi connectivity index (χ3v) is 7.59. The molecular weight excluding hydrogens is 218 g/mol. The van der Waals surface area contributed by atoms with Crippen molar-refractivity contribution in [1.29, 1.82) is 0 Å². The third kappa shape index (κ3) is 3.28. The molecule has 1 aromatic heterocycles. The summed E-state index contributed by atoms with van der Waals surface area (Å²) in [5, 5.41) is 0.217. The molecule has 0 amide bonds. The van der Waals surface area contributed by atoms with Gasteiger partial charge in [-0.1, -0.05) is 20.8 Å². The highest BCUT2D eigenvalue weighted by Crippen LogP contribution is 2.36. The Hall–Kier alpha value is -0.943. The van der Waals surface area contributed by atoms with Gasteiger partial charge in [-0.3, -0.25) is 4.98 Å². The van der Waals surface area contributed by atoms with E-state index >= 15 is 0 Å². The fraction of sp³-hybridized carbons (Fsp3) is 0.636. The average molecular weight is 239 g/mol. The summed E-state index contributed by atoms with van der Waals surface area (Å²) in [5.74, 6) is 0.441. The molecule has 1 heterocycles. The molecule has 5 heteroatoms. The maximum Gasteiger partial charge on any atom is 0.192 e. The summed E-state index contributed by atoms with van der Waals surface area (Å²) >= 11 is 0. The van der Waals surface area contributed by atoms with Crippen LogP contribution in [0.3, 0.4) is 0 Å². The smallest absolute Gasteiger partial charge is 0.192 e. The molecule has 0 spiro atoms. The van der Waals surface area contributed by atoms with Crippen LogP contribution in [-0.4, -0.2) is 18.3 Å². The maximum atomic E-state index is 6.02. The summed E-state index contributed by atoms with van der Waals surface area (Å²) in [6, 6.07) is 0. The van der Waals surface area contributed by atoms with E-state index in [2.05, 4.69) is 43.8 Å². The summed E-state index contributed by atoms with van der Waals surface area (Å²) in [7, 11) is -1.70. The number of rotatable bonds is 3. The van der Waals surface area contributed by atoms with E-state index in [9.17, 15) is 0 Å². The van der Waals surface area contributed by atoms with Crippen LogP contribution in [0.2, 0.25) is 18.1 Å². The minimum Gasteiger partial charge on any atom is -0.411 e. The van der Waals surface area contributed by atoms with Crippen molar-refractivity contribution in [2.75, 3.05) is 5.73 Å². The summed E-state index contributed by atoms with van der Waals surface area (Å²) in [5.41, 5.74) is 6.30. The highest BCUT2D eigenvalue weighted by Gasteiger charge is 2.37. The normalized spacial score (nSPS) is 12.8. The molecule has 1 rings (SSSR count). The fourth-order valence-electron chi connectivity index (χ4n) is 0.910. The zero-order valence-corrected chi connectivity index (χ0v) is 11.7. The fourth-order valence-corrected chi connectivity index (χ4v) is 1.85. The van der Waals surface area contributed by atoms with Crippen molar-refractivity contribution in [2.24, 2.45) is 0 Å². The first kappa shape index (κ1) is 13.1. The Kier molecular flexibility index (Phi) is 3.70. The Morgan fingerprint density at radius 3 is 2.31 bits per heavy atom. The minimum absolute atomic E-state index is 0.217. The van der Waals surface area contributed by atoms with Crippen LogP contribution in [0.5, 0.6) is 0 Å². The molecule has 1 aromatic rings. The van der Waals surface area contributed by atoms with Gasteiger partial charge in [-0.25, -0.2) is 4.98 Å². The van der Waals surface area contributed by atoms with Crippen LogP contribution in [-0.2, 0) is 11.0 Å². The largest absolute Gasteiger partial charge is 0.411 e. The first-order chi connectivity index (χ1) is 7.22. The van der Waals surface area contributed by atoms with E-state index in [1.54, 1.807) is 12.4 Å². The lowest BCUT2D eigenvalue weighted by atomic mass is 10.2. The molecule has 16 heavy (non-hydrogen) atoms. The lowest BCUT2D eigenvalue weighted by molar-refractivity contribution is 0.271. The SMILES string of the molecule is CC(C)(C)[Si](C)(C)OCc1cnc(N)cn1. The van der Waals surface area contributed by atoms with Gasteiger partial charge in [-0.15, -0.1) is 0 Å². The van der Waals surface area contributed by atoms with Gasteiger partial charge in [0.25, 0.3) is 0 Å². The van der Waals surface area contributed by atoms with Crippen molar-refractivity contribution in [3.8, 4) is 0 Å². The van der Waals surface area contributed by atoms with Gasteiger partial charge >= 0.3 is 0 Å². The third-order valence-electron chi connectivity index (χ3n) is 3.11. The van der Waals surface area contributed by atoms with Gasteiger partial charge in [0.05, 0.1) is 24.7 Å². The van der Waals surface area contributed by atoms with E-state index in [4.69, 9.17) is 10.2 Å². The molecule has 0 fully saturated rings. The summed E-state index contributed by atoms with van der Waals surface area (Å²) in [4.78, 5) is 8.17. The number of hydrogen-bond acceptors (Lipinski definition) is 4. The molecule has 0 radical (unpaired) electrons. The van der Waals surface area contributed by atoms with Crippen molar-refractivity contribution in [1.82, 2.24) is 9.97 Å². The van der Waals surface area contributed by atoms with Gasteiger partial charge in [0.2, 0.25) is 0 Å². The maximum absolute atomic E-state index is 6.02. The predicted molar refractivity (Wildman–Crippen MR) is 68.4 cm³/mol. The van der Waals surface area contributed by atoms with Gasteiger partial charge in [-0.2, -0.15) is 0 Å². The Labute approximate surface area is 98.4 Å². The minimum atomic E-state index is -1.70. The van der Waals surface area contributed by atoms with E-state index in [0.29, 0.717) is 12.4 Å². The van der Waals surface area contributed by atoms with Crippen LogP contribution in [0.4, 0.5) is 5.82 Å². The first-order valence-electron chi connectivity index (χ1n) is 5.43. The van der Waals surface area contributed by atoms with Crippen molar-refractivity contribution in [2.45, 2.75) is 45.5 Å². The predicted octanol–water partition coefficient (Wildman–Crippen LogP) is 2.58. The Morgan fingerprint density at radius 2 is 1.88 bits per heavy atom. The zero-order valence-electron chi connectivity index (χ0n) is 10.7. The number of hydrogen-bond donors (Lipinski definition) is 1. The molecule has 4 nitrogen and oxygen atoms in total. The van der Waals surface area contributed by atoms with Crippen LogP contribution in [0, 0.1) is 0 Å². The van der Waals surface area contributed by atoms with Gasteiger partial charge in [0.1, 0.15) is 5.82 Å². The lowest BCUT2D eigenvalue weighted by Crippen LogP contribution is -2.40. The van der Waals surface area contributed by atoms with Crippen LogP contribution >= 0.6 is 0 Å². The molecule has 0 unspecified atom stereocenters. The average Bonchev–Trinajstić information content (AvgIpc) is 2.15.